The number of halogens is 2. The van der Waals surface area contributed by atoms with Gasteiger partial charge in [-0.3, -0.25) is 9.98 Å². The Morgan fingerprint density at radius 2 is 2.05 bits per heavy atom. The van der Waals surface area contributed by atoms with Crippen molar-refractivity contribution < 1.29 is 4.39 Å². The molecule has 0 saturated carbocycles. The van der Waals surface area contributed by atoms with E-state index in [1.807, 2.05) is 0 Å². The van der Waals surface area contributed by atoms with E-state index in [-0.39, 0.29) is 29.8 Å². The quantitative estimate of drug-likeness (QED) is 0.431. The SMILES string of the molecule is CN=C(NCc1ncccc1F)NC(C)CCC(C)C.I. The van der Waals surface area contributed by atoms with E-state index in [1.54, 1.807) is 19.3 Å². The van der Waals surface area contributed by atoms with E-state index < -0.39 is 0 Å². The highest BCUT2D eigenvalue weighted by molar-refractivity contribution is 14.0. The van der Waals surface area contributed by atoms with Crippen molar-refractivity contribution in [1.29, 1.82) is 0 Å². The maximum absolute atomic E-state index is 13.5. The Hall–Kier alpha value is -0.920. The molecule has 6 heteroatoms. The maximum atomic E-state index is 13.5. The minimum Gasteiger partial charge on any atom is -0.354 e. The maximum Gasteiger partial charge on any atom is 0.191 e. The van der Waals surface area contributed by atoms with Crippen molar-refractivity contribution in [1.82, 2.24) is 15.6 Å². The average molecular weight is 408 g/mol. The lowest BCUT2D eigenvalue weighted by atomic mass is 10.0. The van der Waals surface area contributed by atoms with E-state index in [1.165, 1.54) is 12.5 Å². The van der Waals surface area contributed by atoms with Gasteiger partial charge in [-0.2, -0.15) is 0 Å². The molecule has 0 radical (unpaired) electrons. The van der Waals surface area contributed by atoms with Crippen LogP contribution in [0.5, 0.6) is 0 Å². The number of guanidine groups is 1. The number of hydrogen-bond acceptors (Lipinski definition) is 2. The van der Waals surface area contributed by atoms with Gasteiger partial charge in [-0.1, -0.05) is 13.8 Å². The van der Waals surface area contributed by atoms with Crippen molar-refractivity contribution in [3.63, 3.8) is 0 Å². The highest BCUT2D eigenvalue weighted by atomic mass is 127. The molecule has 0 aliphatic carbocycles. The lowest BCUT2D eigenvalue weighted by Crippen LogP contribution is -2.42. The molecule has 4 nitrogen and oxygen atoms in total. The van der Waals surface area contributed by atoms with Crippen molar-refractivity contribution in [2.75, 3.05) is 7.05 Å². The van der Waals surface area contributed by atoms with Crippen molar-refractivity contribution in [3.05, 3.63) is 29.8 Å². The molecule has 2 N–H and O–H groups in total. The van der Waals surface area contributed by atoms with E-state index in [0.29, 0.717) is 30.2 Å². The van der Waals surface area contributed by atoms with E-state index in [2.05, 4.69) is 41.4 Å². The molecular formula is C15H26FIN4. The van der Waals surface area contributed by atoms with Crippen molar-refractivity contribution >= 4 is 29.9 Å². The second kappa shape index (κ2) is 10.8. The first kappa shape index (κ1) is 20.1. The molecule has 1 aromatic rings. The smallest absolute Gasteiger partial charge is 0.191 e. The Morgan fingerprint density at radius 1 is 1.33 bits per heavy atom. The zero-order valence-electron chi connectivity index (χ0n) is 13.2. The Kier molecular flexibility index (Phi) is 10.3. The standard InChI is InChI=1S/C15H25FN4.HI/c1-11(2)7-8-12(3)20-15(17-4)19-10-14-13(16)6-5-9-18-14;/h5-6,9,11-12H,7-8,10H2,1-4H3,(H2,17,19,20);1H. The zero-order chi connectivity index (χ0) is 15.0. The number of pyridine rings is 1. The summed E-state index contributed by atoms with van der Waals surface area (Å²) in [5.41, 5.74) is 0.394. The summed E-state index contributed by atoms with van der Waals surface area (Å²) in [5.74, 6) is 1.06. The third kappa shape index (κ3) is 8.18. The highest BCUT2D eigenvalue weighted by Gasteiger charge is 2.08. The normalized spacial score (nSPS) is 12.8. The van der Waals surface area contributed by atoms with Crippen LogP contribution in [0.4, 0.5) is 4.39 Å². The molecule has 21 heavy (non-hydrogen) atoms. The van der Waals surface area contributed by atoms with E-state index >= 15 is 0 Å². The van der Waals surface area contributed by atoms with Gasteiger partial charge < -0.3 is 10.6 Å². The van der Waals surface area contributed by atoms with Gasteiger partial charge in [-0.05, 0) is 37.8 Å². The molecule has 0 amide bonds. The third-order valence-electron chi connectivity index (χ3n) is 3.04. The minimum atomic E-state index is -0.302. The first-order chi connectivity index (χ1) is 9.52. The summed E-state index contributed by atoms with van der Waals surface area (Å²) in [7, 11) is 1.71. The fourth-order valence-corrected chi connectivity index (χ4v) is 1.80. The zero-order valence-corrected chi connectivity index (χ0v) is 15.5. The Morgan fingerprint density at radius 3 is 2.62 bits per heavy atom. The van der Waals surface area contributed by atoms with Gasteiger partial charge in [0.1, 0.15) is 5.82 Å². The van der Waals surface area contributed by atoms with Crippen molar-refractivity contribution in [2.24, 2.45) is 10.9 Å². The second-order valence-electron chi connectivity index (χ2n) is 5.37. The van der Waals surface area contributed by atoms with Crippen LogP contribution in [0.1, 0.15) is 39.3 Å². The number of nitrogens with one attached hydrogen (secondary N) is 2. The molecule has 0 aromatic carbocycles. The van der Waals surface area contributed by atoms with Gasteiger partial charge in [-0.15, -0.1) is 24.0 Å². The molecule has 120 valence electrons. The summed E-state index contributed by atoms with van der Waals surface area (Å²) in [6.07, 6.45) is 3.83. The van der Waals surface area contributed by atoms with Gasteiger partial charge in [0.15, 0.2) is 5.96 Å². The fourth-order valence-electron chi connectivity index (χ4n) is 1.80. The van der Waals surface area contributed by atoms with Crippen LogP contribution < -0.4 is 10.6 Å². The number of nitrogens with zero attached hydrogens (tertiary/aromatic N) is 2. The number of aliphatic imine (C=N–C) groups is 1. The van der Waals surface area contributed by atoms with Crippen LogP contribution in [0.3, 0.4) is 0 Å². The van der Waals surface area contributed by atoms with Crippen molar-refractivity contribution in [3.8, 4) is 0 Å². The molecule has 0 aliphatic heterocycles. The van der Waals surface area contributed by atoms with E-state index in [4.69, 9.17) is 0 Å². The van der Waals surface area contributed by atoms with Crippen LogP contribution >= 0.6 is 24.0 Å². The molecule has 0 aliphatic rings. The molecule has 1 unspecified atom stereocenters. The molecule has 1 atom stereocenters. The lowest BCUT2D eigenvalue weighted by Gasteiger charge is -2.18. The van der Waals surface area contributed by atoms with Crippen LogP contribution in [0.2, 0.25) is 0 Å². The van der Waals surface area contributed by atoms with Crippen LogP contribution in [0.15, 0.2) is 23.3 Å². The number of hydrogen-bond donors (Lipinski definition) is 2. The van der Waals surface area contributed by atoms with Gasteiger partial charge in [0.05, 0.1) is 12.2 Å². The molecular weight excluding hydrogens is 382 g/mol. The van der Waals surface area contributed by atoms with Crippen LogP contribution in [-0.4, -0.2) is 24.0 Å². The first-order valence-electron chi connectivity index (χ1n) is 7.09. The number of rotatable bonds is 6. The average Bonchev–Trinajstić information content (AvgIpc) is 2.42. The molecule has 0 saturated heterocycles. The van der Waals surface area contributed by atoms with Crippen LogP contribution in [0.25, 0.3) is 0 Å². The Balaban J connectivity index is 0.00000400. The molecule has 0 fully saturated rings. The molecule has 1 rings (SSSR count). The van der Waals surface area contributed by atoms with E-state index in [0.717, 1.165) is 6.42 Å². The first-order valence-corrected chi connectivity index (χ1v) is 7.09. The van der Waals surface area contributed by atoms with Gasteiger partial charge >= 0.3 is 0 Å². The monoisotopic (exact) mass is 408 g/mol. The van der Waals surface area contributed by atoms with Crippen molar-refractivity contribution in [2.45, 2.75) is 46.2 Å². The molecule has 0 bridgehead atoms. The largest absolute Gasteiger partial charge is 0.354 e. The summed E-state index contributed by atoms with van der Waals surface area (Å²) in [6.45, 7) is 6.87. The lowest BCUT2D eigenvalue weighted by molar-refractivity contribution is 0.488. The fraction of sp³-hybridized carbons (Fsp3) is 0.600. The van der Waals surface area contributed by atoms with E-state index in [9.17, 15) is 4.39 Å². The minimum absolute atomic E-state index is 0. The molecule has 0 spiro atoms. The predicted octanol–water partition coefficient (Wildman–Crippen LogP) is 3.33. The van der Waals surface area contributed by atoms with Crippen LogP contribution in [0, 0.1) is 11.7 Å². The molecule has 1 heterocycles. The summed E-state index contributed by atoms with van der Waals surface area (Å²) in [4.78, 5) is 8.15. The Labute approximate surface area is 144 Å². The number of aromatic nitrogens is 1. The summed E-state index contributed by atoms with van der Waals surface area (Å²) in [6, 6.07) is 3.32. The third-order valence-corrected chi connectivity index (χ3v) is 3.04. The molecule has 1 aromatic heterocycles. The summed E-state index contributed by atoms with van der Waals surface area (Å²) >= 11 is 0. The second-order valence-corrected chi connectivity index (χ2v) is 5.37. The topological polar surface area (TPSA) is 49.3 Å². The predicted molar refractivity (Wildman–Crippen MR) is 96.5 cm³/mol. The van der Waals surface area contributed by atoms with Crippen LogP contribution in [-0.2, 0) is 6.54 Å². The summed E-state index contributed by atoms with van der Waals surface area (Å²) < 4.78 is 13.5. The summed E-state index contributed by atoms with van der Waals surface area (Å²) in [5, 5.41) is 6.38. The highest BCUT2D eigenvalue weighted by Crippen LogP contribution is 2.06. The van der Waals surface area contributed by atoms with Gasteiger partial charge in [0.25, 0.3) is 0 Å². The Bertz CT molecular complexity index is 437. The van der Waals surface area contributed by atoms with Gasteiger partial charge in [-0.25, -0.2) is 4.39 Å². The van der Waals surface area contributed by atoms with Gasteiger partial charge in [0.2, 0.25) is 0 Å². The van der Waals surface area contributed by atoms with Gasteiger partial charge in [0, 0.05) is 19.3 Å².